The summed E-state index contributed by atoms with van der Waals surface area (Å²) < 4.78 is 0. The van der Waals surface area contributed by atoms with E-state index >= 15 is 0 Å². The van der Waals surface area contributed by atoms with Gasteiger partial charge in [-0.15, -0.1) is 0 Å². The lowest BCUT2D eigenvalue weighted by Crippen LogP contribution is -2.02. The molecule has 4 rings (SSSR count). The second-order valence-electron chi connectivity index (χ2n) is 6.06. The first kappa shape index (κ1) is 13.1. The molecule has 0 spiro atoms. The van der Waals surface area contributed by atoms with Gasteiger partial charge in [-0.25, -0.2) is 0 Å². The van der Waals surface area contributed by atoms with E-state index in [1.165, 1.54) is 16.7 Å². The fourth-order valence-corrected chi connectivity index (χ4v) is 3.07. The summed E-state index contributed by atoms with van der Waals surface area (Å²) in [6.45, 7) is 4.18. The molecule has 1 heterocycles. The lowest BCUT2D eigenvalue weighted by atomic mass is 10.0. The smallest absolute Gasteiger partial charge is 0.209 e. The summed E-state index contributed by atoms with van der Waals surface area (Å²) in [5.74, 6) is 0.0506. The van der Waals surface area contributed by atoms with Crippen molar-refractivity contribution < 1.29 is 4.79 Å². The molecule has 0 fully saturated rings. The summed E-state index contributed by atoms with van der Waals surface area (Å²) >= 11 is 0. The van der Waals surface area contributed by atoms with Crippen molar-refractivity contribution in [1.82, 2.24) is 4.98 Å². The zero-order chi connectivity index (χ0) is 15.3. The lowest BCUT2D eigenvalue weighted by molar-refractivity contribution is 0.103. The van der Waals surface area contributed by atoms with E-state index in [1.807, 2.05) is 18.2 Å². The summed E-state index contributed by atoms with van der Waals surface area (Å²) in [6, 6.07) is 12.2. The van der Waals surface area contributed by atoms with E-state index in [9.17, 15) is 4.79 Å². The van der Waals surface area contributed by atoms with E-state index in [4.69, 9.17) is 0 Å². The fourth-order valence-electron chi connectivity index (χ4n) is 3.07. The number of ketones is 1. The number of hydrogen-bond donors (Lipinski definition) is 1. The molecule has 1 aliphatic rings. The Balaban J connectivity index is 1.78. The maximum absolute atomic E-state index is 12.7. The molecule has 0 saturated heterocycles. The first-order valence-corrected chi connectivity index (χ1v) is 7.56. The molecule has 22 heavy (non-hydrogen) atoms. The SMILES string of the molecule is Cc1cc2cc(C(=O)c3ccc4c(c3)C=CC4)[nH]c2cc1C. The van der Waals surface area contributed by atoms with Crippen LogP contribution in [0.25, 0.3) is 17.0 Å². The number of aromatic nitrogens is 1. The average molecular weight is 287 g/mol. The van der Waals surface area contributed by atoms with Crippen molar-refractivity contribution in [3.8, 4) is 0 Å². The molecule has 0 saturated carbocycles. The zero-order valence-electron chi connectivity index (χ0n) is 12.7. The van der Waals surface area contributed by atoms with E-state index in [-0.39, 0.29) is 5.78 Å². The first-order chi connectivity index (χ1) is 10.6. The van der Waals surface area contributed by atoms with Crippen LogP contribution in [0.3, 0.4) is 0 Å². The predicted octanol–water partition coefficient (Wildman–Crippen LogP) is 4.59. The van der Waals surface area contributed by atoms with E-state index in [1.54, 1.807) is 0 Å². The quantitative estimate of drug-likeness (QED) is 0.687. The number of fused-ring (bicyclic) bond motifs is 2. The van der Waals surface area contributed by atoms with Crippen molar-refractivity contribution >= 4 is 22.8 Å². The number of aryl methyl sites for hydroxylation is 2. The maximum Gasteiger partial charge on any atom is 0.209 e. The molecule has 2 nitrogen and oxygen atoms in total. The van der Waals surface area contributed by atoms with Crippen LogP contribution in [-0.2, 0) is 6.42 Å². The standard InChI is InChI=1S/C20H17NO/c1-12-8-17-11-19(21-18(17)9-13(12)2)20(22)16-7-6-14-4-3-5-15(14)10-16/h3,5-11,21H,4H2,1-2H3. The number of carbonyl (C=O) groups is 1. The number of allylic oxidation sites excluding steroid dienone is 1. The molecule has 0 bridgehead atoms. The number of H-pyrrole nitrogens is 1. The van der Waals surface area contributed by atoms with Crippen LogP contribution in [0.5, 0.6) is 0 Å². The second kappa shape index (κ2) is 4.70. The van der Waals surface area contributed by atoms with E-state index in [0.29, 0.717) is 5.69 Å². The van der Waals surface area contributed by atoms with Gasteiger partial charge in [0.15, 0.2) is 0 Å². The first-order valence-electron chi connectivity index (χ1n) is 7.56. The van der Waals surface area contributed by atoms with Gasteiger partial charge in [-0.05, 0) is 66.8 Å². The van der Waals surface area contributed by atoms with Gasteiger partial charge in [-0.2, -0.15) is 0 Å². The van der Waals surface area contributed by atoms with Crippen LogP contribution >= 0.6 is 0 Å². The molecule has 1 N–H and O–H groups in total. The fraction of sp³-hybridized carbons (Fsp3) is 0.150. The Hall–Kier alpha value is -2.61. The summed E-state index contributed by atoms with van der Waals surface area (Å²) in [6.07, 6.45) is 5.19. The molecular weight excluding hydrogens is 270 g/mol. The normalized spacial score (nSPS) is 12.8. The number of nitrogens with one attached hydrogen (secondary N) is 1. The van der Waals surface area contributed by atoms with Crippen molar-refractivity contribution in [2.45, 2.75) is 20.3 Å². The second-order valence-corrected chi connectivity index (χ2v) is 6.06. The Morgan fingerprint density at radius 1 is 1.05 bits per heavy atom. The Bertz CT molecular complexity index is 905. The minimum Gasteiger partial charge on any atom is -0.352 e. The van der Waals surface area contributed by atoms with Crippen LogP contribution in [0.4, 0.5) is 0 Å². The van der Waals surface area contributed by atoms with Crippen LogP contribution in [0, 0.1) is 13.8 Å². The van der Waals surface area contributed by atoms with Crippen molar-refractivity contribution in [1.29, 1.82) is 0 Å². The van der Waals surface area contributed by atoms with Crippen molar-refractivity contribution in [2.24, 2.45) is 0 Å². The van der Waals surface area contributed by atoms with Gasteiger partial charge in [0.2, 0.25) is 5.78 Å². The van der Waals surface area contributed by atoms with Crippen molar-refractivity contribution in [3.63, 3.8) is 0 Å². The third kappa shape index (κ3) is 2.00. The molecule has 2 aromatic carbocycles. The van der Waals surface area contributed by atoms with Crippen molar-refractivity contribution in [3.05, 3.63) is 76.0 Å². The predicted molar refractivity (Wildman–Crippen MR) is 90.4 cm³/mol. The molecule has 0 amide bonds. The Kier molecular flexibility index (Phi) is 2.80. The minimum atomic E-state index is 0.0506. The van der Waals surface area contributed by atoms with E-state index < -0.39 is 0 Å². The van der Waals surface area contributed by atoms with Crippen LogP contribution in [-0.4, -0.2) is 10.8 Å². The van der Waals surface area contributed by atoms with Gasteiger partial charge < -0.3 is 4.98 Å². The Morgan fingerprint density at radius 3 is 2.73 bits per heavy atom. The number of benzene rings is 2. The number of carbonyl (C=O) groups excluding carboxylic acids is 1. The van der Waals surface area contributed by atoms with Crippen LogP contribution in [0.1, 0.15) is 38.3 Å². The van der Waals surface area contributed by atoms with Crippen LogP contribution < -0.4 is 0 Å². The average Bonchev–Trinajstić information content (AvgIpc) is 3.12. The summed E-state index contributed by atoms with van der Waals surface area (Å²) in [5, 5.41) is 1.09. The van der Waals surface area contributed by atoms with Gasteiger partial charge in [0.05, 0.1) is 5.69 Å². The Morgan fingerprint density at radius 2 is 1.86 bits per heavy atom. The van der Waals surface area contributed by atoms with Gasteiger partial charge in [0.25, 0.3) is 0 Å². The summed E-state index contributed by atoms with van der Waals surface area (Å²) in [7, 11) is 0. The number of aromatic amines is 1. The van der Waals surface area contributed by atoms with Gasteiger partial charge in [-0.1, -0.05) is 24.3 Å². The summed E-state index contributed by atoms with van der Waals surface area (Å²) in [4.78, 5) is 16.0. The molecule has 2 heteroatoms. The highest BCUT2D eigenvalue weighted by atomic mass is 16.1. The molecule has 3 aromatic rings. The van der Waals surface area contributed by atoms with Crippen molar-refractivity contribution in [2.75, 3.05) is 0 Å². The molecule has 1 aromatic heterocycles. The molecular formula is C20H17NO. The van der Waals surface area contributed by atoms with Gasteiger partial charge in [-0.3, -0.25) is 4.79 Å². The molecule has 0 atom stereocenters. The molecule has 1 aliphatic carbocycles. The third-order valence-electron chi connectivity index (χ3n) is 4.52. The monoisotopic (exact) mass is 287 g/mol. The van der Waals surface area contributed by atoms with Crippen LogP contribution in [0.2, 0.25) is 0 Å². The van der Waals surface area contributed by atoms with Gasteiger partial charge >= 0.3 is 0 Å². The van der Waals surface area contributed by atoms with Gasteiger partial charge in [0.1, 0.15) is 0 Å². The maximum atomic E-state index is 12.7. The highest BCUT2D eigenvalue weighted by molar-refractivity contribution is 6.10. The van der Waals surface area contributed by atoms with Crippen LogP contribution in [0.15, 0.2) is 42.5 Å². The highest BCUT2D eigenvalue weighted by Gasteiger charge is 2.15. The zero-order valence-corrected chi connectivity index (χ0v) is 12.7. The molecule has 0 radical (unpaired) electrons. The number of hydrogen-bond acceptors (Lipinski definition) is 1. The largest absolute Gasteiger partial charge is 0.352 e. The molecule has 0 aliphatic heterocycles. The minimum absolute atomic E-state index is 0.0506. The summed E-state index contributed by atoms with van der Waals surface area (Å²) in [5.41, 5.74) is 7.34. The van der Waals surface area contributed by atoms with E-state index in [2.05, 4.69) is 49.2 Å². The Labute approximate surface area is 129 Å². The van der Waals surface area contributed by atoms with Gasteiger partial charge in [0, 0.05) is 16.5 Å². The molecule has 0 unspecified atom stereocenters. The molecule has 108 valence electrons. The van der Waals surface area contributed by atoms with E-state index in [0.717, 1.165) is 28.5 Å². The lowest BCUT2D eigenvalue weighted by Gasteiger charge is -2.02. The highest BCUT2D eigenvalue weighted by Crippen LogP contribution is 2.24. The number of rotatable bonds is 2. The third-order valence-corrected chi connectivity index (χ3v) is 4.52. The topological polar surface area (TPSA) is 32.9 Å².